The third-order valence-corrected chi connectivity index (χ3v) is 2.35. The number of anilines is 1. The molecule has 0 atom stereocenters. The van der Waals surface area contributed by atoms with Crippen LogP contribution < -0.4 is 5.32 Å². The summed E-state index contributed by atoms with van der Waals surface area (Å²) in [5, 5.41) is 10.4. The predicted molar refractivity (Wildman–Crippen MR) is 60.0 cm³/mol. The van der Waals surface area contributed by atoms with E-state index in [0.717, 1.165) is 12.1 Å². The van der Waals surface area contributed by atoms with Crippen molar-refractivity contribution in [1.29, 1.82) is 0 Å². The van der Waals surface area contributed by atoms with Gasteiger partial charge >= 0.3 is 6.18 Å². The fourth-order valence-electron chi connectivity index (χ4n) is 1.44. The summed E-state index contributed by atoms with van der Waals surface area (Å²) in [4.78, 5) is 0. The standard InChI is InChI=1S/C11H11F3N4/c12-11(13,14)9-1-3-10(4-2-9)15-5-7-18-8-6-16-17-18/h1-4,6,8,15H,5,7H2. The van der Waals surface area contributed by atoms with Crippen LogP contribution in [-0.2, 0) is 12.7 Å². The quantitative estimate of drug-likeness (QED) is 0.913. The summed E-state index contributed by atoms with van der Waals surface area (Å²) in [5.74, 6) is 0. The Morgan fingerprint density at radius 3 is 2.44 bits per heavy atom. The first kappa shape index (κ1) is 12.4. The number of hydrogen-bond donors (Lipinski definition) is 1. The van der Waals surface area contributed by atoms with E-state index in [2.05, 4.69) is 15.6 Å². The van der Waals surface area contributed by atoms with Crippen molar-refractivity contribution in [3.63, 3.8) is 0 Å². The van der Waals surface area contributed by atoms with Crippen LogP contribution in [0.2, 0.25) is 0 Å². The number of halogens is 3. The Kier molecular flexibility index (Phi) is 3.50. The average Bonchev–Trinajstić information content (AvgIpc) is 2.82. The van der Waals surface area contributed by atoms with Gasteiger partial charge in [0.1, 0.15) is 0 Å². The Morgan fingerprint density at radius 1 is 1.17 bits per heavy atom. The molecule has 2 rings (SSSR count). The zero-order valence-corrected chi connectivity index (χ0v) is 9.35. The summed E-state index contributed by atoms with van der Waals surface area (Å²) in [6.45, 7) is 1.16. The van der Waals surface area contributed by atoms with Gasteiger partial charge in [0, 0.05) is 18.4 Å². The molecule has 0 unspecified atom stereocenters. The molecule has 0 aliphatic carbocycles. The molecule has 1 heterocycles. The van der Waals surface area contributed by atoms with Gasteiger partial charge in [-0.25, -0.2) is 0 Å². The van der Waals surface area contributed by atoms with E-state index < -0.39 is 11.7 Å². The first-order chi connectivity index (χ1) is 8.55. The van der Waals surface area contributed by atoms with Gasteiger partial charge in [-0.15, -0.1) is 5.10 Å². The fraction of sp³-hybridized carbons (Fsp3) is 0.273. The molecule has 1 aromatic heterocycles. The zero-order valence-electron chi connectivity index (χ0n) is 9.35. The van der Waals surface area contributed by atoms with Crippen LogP contribution in [0.15, 0.2) is 36.7 Å². The van der Waals surface area contributed by atoms with Crippen LogP contribution in [0.3, 0.4) is 0 Å². The summed E-state index contributed by atoms with van der Waals surface area (Å²) < 4.78 is 38.6. The van der Waals surface area contributed by atoms with Crippen molar-refractivity contribution in [3.05, 3.63) is 42.2 Å². The molecule has 0 fully saturated rings. The van der Waals surface area contributed by atoms with E-state index in [9.17, 15) is 13.2 Å². The molecule has 0 bridgehead atoms. The SMILES string of the molecule is FC(F)(F)c1ccc(NCCn2ccnn2)cc1. The van der Waals surface area contributed by atoms with Crippen LogP contribution in [-0.4, -0.2) is 21.5 Å². The number of alkyl halides is 3. The third-order valence-electron chi connectivity index (χ3n) is 2.35. The lowest BCUT2D eigenvalue weighted by Gasteiger charge is -2.09. The molecule has 0 aliphatic heterocycles. The van der Waals surface area contributed by atoms with Crippen molar-refractivity contribution < 1.29 is 13.2 Å². The van der Waals surface area contributed by atoms with Crippen molar-refractivity contribution >= 4 is 5.69 Å². The molecule has 4 nitrogen and oxygen atoms in total. The normalized spacial score (nSPS) is 11.5. The van der Waals surface area contributed by atoms with E-state index in [1.54, 1.807) is 17.1 Å². The van der Waals surface area contributed by atoms with E-state index in [4.69, 9.17) is 0 Å². The number of aromatic nitrogens is 3. The van der Waals surface area contributed by atoms with Crippen LogP contribution >= 0.6 is 0 Å². The second-order valence-electron chi connectivity index (χ2n) is 3.67. The van der Waals surface area contributed by atoms with Gasteiger partial charge in [-0.05, 0) is 24.3 Å². The monoisotopic (exact) mass is 256 g/mol. The molecule has 0 saturated heterocycles. The van der Waals surface area contributed by atoms with Crippen LogP contribution in [0.25, 0.3) is 0 Å². The minimum atomic E-state index is -4.29. The van der Waals surface area contributed by atoms with Crippen molar-refractivity contribution in [2.45, 2.75) is 12.7 Å². The van der Waals surface area contributed by atoms with E-state index in [0.29, 0.717) is 18.8 Å². The molecule has 0 amide bonds. The first-order valence-corrected chi connectivity index (χ1v) is 5.31. The lowest BCUT2D eigenvalue weighted by atomic mass is 10.2. The van der Waals surface area contributed by atoms with Gasteiger partial charge in [0.15, 0.2) is 0 Å². The molecule has 0 radical (unpaired) electrons. The van der Waals surface area contributed by atoms with E-state index in [1.165, 1.54) is 12.1 Å². The second kappa shape index (κ2) is 5.07. The van der Waals surface area contributed by atoms with Gasteiger partial charge in [-0.1, -0.05) is 5.21 Å². The molecule has 0 saturated carbocycles. The lowest BCUT2D eigenvalue weighted by Crippen LogP contribution is -2.11. The molecular formula is C11H11F3N4. The highest BCUT2D eigenvalue weighted by molar-refractivity contribution is 5.44. The molecule has 1 aromatic carbocycles. The maximum atomic E-state index is 12.3. The van der Waals surface area contributed by atoms with Gasteiger partial charge in [-0.3, -0.25) is 4.68 Å². The Hall–Kier alpha value is -2.05. The van der Waals surface area contributed by atoms with E-state index in [1.807, 2.05) is 0 Å². The smallest absolute Gasteiger partial charge is 0.383 e. The second-order valence-corrected chi connectivity index (χ2v) is 3.67. The van der Waals surface area contributed by atoms with Crippen LogP contribution in [0.5, 0.6) is 0 Å². The van der Waals surface area contributed by atoms with Crippen LogP contribution in [0.1, 0.15) is 5.56 Å². The van der Waals surface area contributed by atoms with Crippen molar-refractivity contribution in [1.82, 2.24) is 15.0 Å². The highest BCUT2D eigenvalue weighted by Gasteiger charge is 2.29. The van der Waals surface area contributed by atoms with Gasteiger partial charge < -0.3 is 5.32 Å². The van der Waals surface area contributed by atoms with Crippen molar-refractivity contribution in [2.75, 3.05) is 11.9 Å². The fourth-order valence-corrected chi connectivity index (χ4v) is 1.44. The summed E-state index contributed by atoms with van der Waals surface area (Å²) in [5.41, 5.74) is -0.00700. The van der Waals surface area contributed by atoms with E-state index >= 15 is 0 Å². The van der Waals surface area contributed by atoms with Gasteiger partial charge in [0.05, 0.1) is 18.3 Å². The van der Waals surface area contributed by atoms with Crippen LogP contribution in [0, 0.1) is 0 Å². The minimum Gasteiger partial charge on any atom is -0.383 e. The van der Waals surface area contributed by atoms with Crippen LogP contribution in [0.4, 0.5) is 18.9 Å². The highest BCUT2D eigenvalue weighted by Crippen LogP contribution is 2.29. The topological polar surface area (TPSA) is 42.7 Å². The predicted octanol–water partition coefficient (Wildman–Crippen LogP) is 2.41. The average molecular weight is 256 g/mol. The van der Waals surface area contributed by atoms with E-state index in [-0.39, 0.29) is 0 Å². The number of hydrogen-bond acceptors (Lipinski definition) is 3. The minimum absolute atomic E-state index is 0.564. The molecule has 0 spiro atoms. The molecule has 2 aromatic rings. The summed E-state index contributed by atoms with van der Waals surface area (Å²) in [7, 11) is 0. The number of nitrogens with one attached hydrogen (secondary N) is 1. The van der Waals surface area contributed by atoms with Crippen molar-refractivity contribution in [3.8, 4) is 0 Å². The lowest BCUT2D eigenvalue weighted by molar-refractivity contribution is -0.137. The molecule has 0 aliphatic rings. The zero-order chi connectivity index (χ0) is 13.0. The Balaban J connectivity index is 1.87. The molecular weight excluding hydrogens is 245 g/mol. The number of rotatable bonds is 4. The van der Waals surface area contributed by atoms with Gasteiger partial charge in [0.25, 0.3) is 0 Å². The summed E-state index contributed by atoms with van der Waals surface area (Å²) in [6.07, 6.45) is -1.01. The van der Waals surface area contributed by atoms with Gasteiger partial charge in [-0.2, -0.15) is 13.2 Å². The number of nitrogens with zero attached hydrogens (tertiary/aromatic N) is 3. The molecule has 1 N–H and O–H groups in total. The Labute approximate surface area is 101 Å². The molecule has 96 valence electrons. The largest absolute Gasteiger partial charge is 0.416 e. The maximum Gasteiger partial charge on any atom is 0.416 e. The maximum absolute atomic E-state index is 12.3. The first-order valence-electron chi connectivity index (χ1n) is 5.31. The Morgan fingerprint density at radius 2 is 1.89 bits per heavy atom. The summed E-state index contributed by atoms with van der Waals surface area (Å²) in [6, 6.07) is 4.92. The van der Waals surface area contributed by atoms with Crippen molar-refractivity contribution in [2.24, 2.45) is 0 Å². The molecule has 7 heteroatoms. The molecule has 18 heavy (non-hydrogen) atoms. The number of benzene rings is 1. The highest BCUT2D eigenvalue weighted by atomic mass is 19.4. The summed E-state index contributed by atoms with van der Waals surface area (Å²) >= 11 is 0. The van der Waals surface area contributed by atoms with Gasteiger partial charge in [0.2, 0.25) is 0 Å². The third kappa shape index (κ3) is 3.22. The Bertz CT molecular complexity index is 476.